The Labute approximate surface area is 191 Å². The van der Waals surface area contributed by atoms with Crippen LogP contribution in [0.25, 0.3) is 21.7 Å². The van der Waals surface area contributed by atoms with Gasteiger partial charge >= 0.3 is 0 Å². The Hall–Kier alpha value is -3.80. The van der Waals surface area contributed by atoms with Gasteiger partial charge in [0.2, 0.25) is 5.91 Å². The fraction of sp³-hybridized carbons (Fsp3) is 0.259. The second kappa shape index (κ2) is 8.98. The van der Waals surface area contributed by atoms with Crippen molar-refractivity contribution in [1.29, 1.82) is 0 Å². The average Bonchev–Trinajstić information content (AvgIpc) is 2.87. The normalized spacial score (nSPS) is 16.2. The number of hydrogen-bond acceptors (Lipinski definition) is 4. The van der Waals surface area contributed by atoms with Gasteiger partial charge in [-0.05, 0) is 41.8 Å². The van der Waals surface area contributed by atoms with Crippen molar-refractivity contribution in [2.45, 2.75) is 25.8 Å². The highest BCUT2D eigenvalue weighted by Gasteiger charge is 2.29. The molecule has 33 heavy (non-hydrogen) atoms. The van der Waals surface area contributed by atoms with Gasteiger partial charge in [0.05, 0.1) is 17.2 Å². The van der Waals surface area contributed by atoms with Crippen LogP contribution in [0.5, 0.6) is 0 Å². The molecule has 6 heteroatoms. The molecule has 1 atom stereocenters. The molecule has 1 aliphatic heterocycles. The summed E-state index contributed by atoms with van der Waals surface area (Å²) in [6.45, 7) is 1.34. The van der Waals surface area contributed by atoms with Crippen LogP contribution in [0.1, 0.15) is 29.6 Å². The van der Waals surface area contributed by atoms with Crippen LogP contribution < -0.4 is 5.56 Å². The molecular formula is C27H25N3O3. The molecule has 1 aliphatic rings. The first kappa shape index (κ1) is 21.1. The van der Waals surface area contributed by atoms with Gasteiger partial charge in [-0.1, -0.05) is 48.5 Å². The number of benzene rings is 3. The average molecular weight is 440 g/mol. The van der Waals surface area contributed by atoms with Gasteiger partial charge in [-0.2, -0.15) is 0 Å². The van der Waals surface area contributed by atoms with Crippen LogP contribution in [0.3, 0.4) is 0 Å². The van der Waals surface area contributed by atoms with Gasteiger partial charge in [0.25, 0.3) is 5.56 Å². The number of carbonyl (C=O) groups excluding carboxylic acids is 2. The van der Waals surface area contributed by atoms with Crippen LogP contribution in [-0.4, -0.2) is 39.2 Å². The quantitative estimate of drug-likeness (QED) is 0.440. The van der Waals surface area contributed by atoms with E-state index in [1.54, 1.807) is 23.1 Å². The molecule has 0 saturated carbocycles. The molecule has 0 spiro atoms. The van der Waals surface area contributed by atoms with E-state index in [1.807, 2.05) is 48.5 Å². The van der Waals surface area contributed by atoms with Crippen molar-refractivity contribution in [2.75, 3.05) is 13.1 Å². The summed E-state index contributed by atoms with van der Waals surface area (Å²) >= 11 is 0. The number of nitrogens with zero attached hydrogens (tertiary/aromatic N) is 3. The van der Waals surface area contributed by atoms with Gasteiger partial charge in [0, 0.05) is 37.5 Å². The standard InChI is InChI=1S/C27H25N3O3/c31-25(13-15-30-18-28-24-10-4-3-9-23(24)27(30)33)29-14-5-8-22(17-29)26(32)21-12-11-19-6-1-2-7-20(19)16-21/h1-4,6-7,9-12,16,18,22H,5,8,13-15,17H2. The van der Waals surface area contributed by atoms with Crippen LogP contribution in [0.4, 0.5) is 0 Å². The van der Waals surface area contributed by atoms with Crippen LogP contribution in [0.2, 0.25) is 0 Å². The zero-order valence-electron chi connectivity index (χ0n) is 18.3. The van der Waals surface area contributed by atoms with Gasteiger partial charge in [-0.25, -0.2) is 4.98 Å². The fourth-order valence-electron chi connectivity index (χ4n) is 4.64. The third-order valence-corrected chi connectivity index (χ3v) is 6.48. The predicted octanol–water partition coefficient (Wildman–Crippen LogP) is 4.06. The van der Waals surface area contributed by atoms with Crippen molar-refractivity contribution in [1.82, 2.24) is 14.5 Å². The molecule has 5 rings (SSSR count). The Morgan fingerprint density at radius 2 is 1.76 bits per heavy atom. The lowest BCUT2D eigenvalue weighted by Gasteiger charge is -2.32. The van der Waals surface area contributed by atoms with Crippen LogP contribution in [0.15, 0.2) is 77.9 Å². The lowest BCUT2D eigenvalue weighted by molar-refractivity contribution is -0.132. The molecule has 166 valence electrons. The van der Waals surface area contributed by atoms with Crippen molar-refractivity contribution >= 4 is 33.4 Å². The third-order valence-electron chi connectivity index (χ3n) is 6.48. The molecule has 0 aliphatic carbocycles. The summed E-state index contributed by atoms with van der Waals surface area (Å²) in [6.07, 6.45) is 3.29. The molecule has 0 N–H and O–H groups in total. The highest BCUT2D eigenvalue weighted by Crippen LogP contribution is 2.24. The van der Waals surface area contributed by atoms with Crippen LogP contribution in [0, 0.1) is 5.92 Å². The van der Waals surface area contributed by atoms with Gasteiger partial charge in [-0.3, -0.25) is 19.0 Å². The molecule has 1 fully saturated rings. The molecule has 3 aromatic carbocycles. The minimum absolute atomic E-state index is 0.0360. The lowest BCUT2D eigenvalue weighted by Crippen LogP contribution is -2.42. The Bertz CT molecular complexity index is 1410. The van der Waals surface area contributed by atoms with E-state index in [4.69, 9.17) is 0 Å². The second-order valence-corrected chi connectivity index (χ2v) is 8.62. The number of fused-ring (bicyclic) bond motifs is 2. The minimum Gasteiger partial charge on any atom is -0.342 e. The topological polar surface area (TPSA) is 72.3 Å². The highest BCUT2D eigenvalue weighted by molar-refractivity contribution is 6.01. The Morgan fingerprint density at radius 3 is 2.64 bits per heavy atom. The minimum atomic E-state index is -0.200. The van der Waals surface area contributed by atoms with E-state index in [9.17, 15) is 14.4 Å². The second-order valence-electron chi connectivity index (χ2n) is 8.62. The number of carbonyl (C=O) groups is 2. The van der Waals surface area contributed by atoms with Gasteiger partial charge in [-0.15, -0.1) is 0 Å². The SMILES string of the molecule is O=C(c1ccc2ccccc2c1)C1CCCN(C(=O)CCn2cnc3ccccc3c2=O)C1. The Kier molecular flexibility index (Phi) is 5.73. The van der Waals surface area contributed by atoms with Crippen molar-refractivity contribution in [3.05, 3.63) is 89.0 Å². The zero-order valence-corrected chi connectivity index (χ0v) is 18.3. The Balaban J connectivity index is 1.25. The summed E-state index contributed by atoms with van der Waals surface area (Å²) in [5.74, 6) is -0.145. The van der Waals surface area contributed by atoms with E-state index in [2.05, 4.69) is 4.98 Å². The zero-order chi connectivity index (χ0) is 22.8. The van der Waals surface area contributed by atoms with Gasteiger partial charge in [0.1, 0.15) is 0 Å². The maximum Gasteiger partial charge on any atom is 0.261 e. The third kappa shape index (κ3) is 4.29. The molecule has 1 aromatic heterocycles. The number of hydrogen-bond donors (Lipinski definition) is 0. The molecule has 0 bridgehead atoms. The van der Waals surface area contributed by atoms with E-state index in [0.717, 1.165) is 23.6 Å². The number of ketones is 1. The number of aryl methyl sites for hydroxylation is 1. The maximum absolute atomic E-state index is 13.2. The number of piperidine rings is 1. The number of Topliss-reactive ketones (excluding diaryl/α,β-unsaturated/α-hetero) is 1. The number of likely N-dealkylation sites (tertiary alicyclic amines) is 1. The summed E-state index contributed by atoms with van der Waals surface area (Å²) < 4.78 is 1.49. The smallest absolute Gasteiger partial charge is 0.261 e. The van der Waals surface area contributed by atoms with Crippen LogP contribution >= 0.6 is 0 Å². The molecule has 2 heterocycles. The molecular weight excluding hydrogens is 414 g/mol. The van der Waals surface area contributed by atoms with E-state index in [-0.39, 0.29) is 36.1 Å². The summed E-state index contributed by atoms with van der Waals surface area (Å²) in [6, 6.07) is 21.0. The van der Waals surface area contributed by atoms with Crippen molar-refractivity contribution in [3.8, 4) is 0 Å². The predicted molar refractivity (Wildman–Crippen MR) is 128 cm³/mol. The van der Waals surface area contributed by atoms with Gasteiger partial charge in [0.15, 0.2) is 5.78 Å². The van der Waals surface area contributed by atoms with Crippen LogP contribution in [-0.2, 0) is 11.3 Å². The highest BCUT2D eigenvalue weighted by atomic mass is 16.2. The number of para-hydroxylation sites is 1. The number of rotatable bonds is 5. The maximum atomic E-state index is 13.2. The van der Waals surface area contributed by atoms with Crippen molar-refractivity contribution < 1.29 is 9.59 Å². The first-order valence-electron chi connectivity index (χ1n) is 11.3. The summed E-state index contributed by atoms with van der Waals surface area (Å²) in [5, 5.41) is 2.70. The molecule has 1 amide bonds. The first-order valence-corrected chi connectivity index (χ1v) is 11.3. The molecule has 4 aromatic rings. The number of amides is 1. The summed E-state index contributed by atoms with van der Waals surface area (Å²) in [7, 11) is 0. The molecule has 0 radical (unpaired) electrons. The summed E-state index contributed by atoms with van der Waals surface area (Å²) in [4.78, 5) is 44.8. The fourth-order valence-corrected chi connectivity index (χ4v) is 4.64. The van der Waals surface area contributed by atoms with E-state index < -0.39 is 0 Å². The van der Waals surface area contributed by atoms with E-state index in [1.165, 1.54) is 10.9 Å². The number of aromatic nitrogens is 2. The Morgan fingerprint density at radius 1 is 0.970 bits per heavy atom. The molecule has 1 unspecified atom stereocenters. The molecule has 1 saturated heterocycles. The van der Waals surface area contributed by atoms with Crippen molar-refractivity contribution in [3.63, 3.8) is 0 Å². The summed E-state index contributed by atoms with van der Waals surface area (Å²) in [5.41, 5.74) is 1.20. The first-order chi connectivity index (χ1) is 16.1. The largest absolute Gasteiger partial charge is 0.342 e. The monoisotopic (exact) mass is 439 g/mol. The van der Waals surface area contributed by atoms with E-state index in [0.29, 0.717) is 29.6 Å². The van der Waals surface area contributed by atoms with Crippen molar-refractivity contribution in [2.24, 2.45) is 5.92 Å². The molecule has 6 nitrogen and oxygen atoms in total. The van der Waals surface area contributed by atoms with Gasteiger partial charge < -0.3 is 4.90 Å². The van der Waals surface area contributed by atoms with E-state index >= 15 is 0 Å². The lowest BCUT2D eigenvalue weighted by atomic mass is 9.89.